The number of halogens is 1. The van der Waals surface area contributed by atoms with Crippen LogP contribution in [0.2, 0.25) is 0 Å². The first kappa shape index (κ1) is 15.9. The summed E-state index contributed by atoms with van der Waals surface area (Å²) in [5.74, 6) is 0.424. The highest BCUT2D eigenvalue weighted by Gasteiger charge is 2.00. The Kier molecular flexibility index (Phi) is 6.23. The second-order valence-corrected chi connectivity index (χ2v) is 5.00. The molecule has 2 aromatic rings. The highest BCUT2D eigenvalue weighted by atomic mass is 127. The fraction of sp³-hybridized carbons (Fsp3) is 0.231. The lowest BCUT2D eigenvalue weighted by Crippen LogP contribution is -2.22. The van der Waals surface area contributed by atoms with Crippen molar-refractivity contribution in [1.82, 2.24) is 4.98 Å². The molecule has 2 rings (SSSR count). The molecular weight excluding hydrogens is 371 g/mol. The van der Waals surface area contributed by atoms with Gasteiger partial charge in [-0.3, -0.25) is 0 Å². The van der Waals surface area contributed by atoms with Gasteiger partial charge < -0.3 is 11.1 Å². The van der Waals surface area contributed by atoms with Gasteiger partial charge in [0.15, 0.2) is 5.96 Å². The summed E-state index contributed by atoms with van der Waals surface area (Å²) in [4.78, 5) is 9.63. The Morgan fingerprint density at radius 2 is 2.21 bits per heavy atom. The number of aliphatic imine (C=N–C) groups is 1. The van der Waals surface area contributed by atoms with Gasteiger partial charge in [0.25, 0.3) is 0 Å². The predicted molar refractivity (Wildman–Crippen MR) is 92.4 cm³/mol. The van der Waals surface area contributed by atoms with E-state index < -0.39 is 0 Å². The highest BCUT2D eigenvalue weighted by molar-refractivity contribution is 14.0. The molecule has 0 aliphatic heterocycles. The number of hydrogen-bond donors (Lipinski definition) is 2. The summed E-state index contributed by atoms with van der Waals surface area (Å²) in [6, 6.07) is 8.02. The first-order valence-electron chi connectivity index (χ1n) is 5.68. The van der Waals surface area contributed by atoms with Crippen LogP contribution < -0.4 is 11.1 Å². The average molecular weight is 388 g/mol. The molecule has 1 aromatic heterocycles. The minimum Gasteiger partial charge on any atom is -0.370 e. The van der Waals surface area contributed by atoms with Gasteiger partial charge in [0.2, 0.25) is 0 Å². The summed E-state index contributed by atoms with van der Waals surface area (Å²) >= 11 is 1.60. The molecule has 0 spiro atoms. The molecule has 0 radical (unpaired) electrons. The van der Waals surface area contributed by atoms with Gasteiger partial charge in [0.05, 0.1) is 17.7 Å². The molecule has 0 amide bonds. The van der Waals surface area contributed by atoms with Crippen LogP contribution in [0.5, 0.6) is 0 Å². The Hall–Kier alpha value is -1.15. The molecule has 0 saturated carbocycles. The standard InChI is InChI=1S/C13H16N4S.HI/c1-9-4-3-5-11(6-9)17-13(14)15-7-12-10(2)16-8-18-12;/h3-6,8H,7H2,1-2H3,(H3,14,15,17);1H. The SMILES string of the molecule is Cc1cccc(NC(N)=NCc2scnc2C)c1.I. The molecule has 1 aromatic carbocycles. The van der Waals surface area contributed by atoms with Crippen molar-refractivity contribution in [3.63, 3.8) is 0 Å². The molecule has 0 bridgehead atoms. The number of guanidine groups is 1. The van der Waals surface area contributed by atoms with Crippen molar-refractivity contribution >= 4 is 47.0 Å². The number of aryl methyl sites for hydroxylation is 2. The highest BCUT2D eigenvalue weighted by Crippen LogP contribution is 2.13. The van der Waals surface area contributed by atoms with E-state index in [1.54, 1.807) is 11.3 Å². The maximum atomic E-state index is 5.85. The minimum atomic E-state index is 0. The number of rotatable bonds is 3. The number of nitrogens with zero attached hydrogens (tertiary/aromatic N) is 2. The van der Waals surface area contributed by atoms with Crippen molar-refractivity contribution in [3.8, 4) is 0 Å². The maximum Gasteiger partial charge on any atom is 0.193 e. The van der Waals surface area contributed by atoms with Crippen molar-refractivity contribution in [2.24, 2.45) is 10.7 Å². The molecule has 0 saturated heterocycles. The second kappa shape index (κ2) is 7.44. The summed E-state index contributed by atoms with van der Waals surface area (Å²) in [5.41, 5.74) is 10.8. The Morgan fingerprint density at radius 3 is 2.84 bits per heavy atom. The Morgan fingerprint density at radius 1 is 1.42 bits per heavy atom. The van der Waals surface area contributed by atoms with E-state index in [4.69, 9.17) is 5.73 Å². The first-order chi connectivity index (χ1) is 8.65. The third-order valence-corrected chi connectivity index (χ3v) is 3.45. The van der Waals surface area contributed by atoms with Crippen molar-refractivity contribution in [2.45, 2.75) is 20.4 Å². The van der Waals surface area contributed by atoms with E-state index in [1.807, 2.05) is 43.6 Å². The van der Waals surface area contributed by atoms with Gasteiger partial charge in [-0.1, -0.05) is 12.1 Å². The van der Waals surface area contributed by atoms with Crippen molar-refractivity contribution in [2.75, 3.05) is 5.32 Å². The van der Waals surface area contributed by atoms with Gasteiger partial charge in [-0.2, -0.15) is 0 Å². The molecule has 1 heterocycles. The number of hydrogen-bond acceptors (Lipinski definition) is 3. The second-order valence-electron chi connectivity index (χ2n) is 4.06. The van der Waals surface area contributed by atoms with E-state index in [2.05, 4.69) is 15.3 Å². The van der Waals surface area contributed by atoms with Crippen molar-refractivity contribution in [1.29, 1.82) is 0 Å². The molecule has 3 N–H and O–H groups in total. The normalized spacial score (nSPS) is 10.9. The van der Waals surface area contributed by atoms with Crippen LogP contribution >= 0.6 is 35.3 Å². The van der Waals surface area contributed by atoms with Crippen LogP contribution in [0.15, 0.2) is 34.8 Å². The molecular formula is C13H17IN4S. The fourth-order valence-electron chi connectivity index (χ4n) is 1.55. The van der Waals surface area contributed by atoms with E-state index in [-0.39, 0.29) is 24.0 Å². The molecule has 0 unspecified atom stereocenters. The van der Waals surface area contributed by atoms with E-state index >= 15 is 0 Å². The topological polar surface area (TPSA) is 63.3 Å². The summed E-state index contributed by atoms with van der Waals surface area (Å²) in [5, 5.41) is 3.08. The smallest absolute Gasteiger partial charge is 0.193 e. The summed E-state index contributed by atoms with van der Waals surface area (Å²) in [6.45, 7) is 4.59. The van der Waals surface area contributed by atoms with Crippen LogP contribution in [-0.4, -0.2) is 10.9 Å². The molecule has 0 atom stereocenters. The maximum absolute atomic E-state index is 5.85. The Labute approximate surface area is 134 Å². The van der Waals surface area contributed by atoms with Crippen LogP contribution in [0.3, 0.4) is 0 Å². The van der Waals surface area contributed by atoms with E-state index in [1.165, 1.54) is 5.56 Å². The third kappa shape index (κ3) is 4.79. The lowest BCUT2D eigenvalue weighted by molar-refractivity contribution is 1.05. The van der Waals surface area contributed by atoms with Gasteiger partial charge in [-0.25, -0.2) is 9.98 Å². The van der Waals surface area contributed by atoms with Gasteiger partial charge in [-0.05, 0) is 31.5 Å². The van der Waals surface area contributed by atoms with E-state index in [0.29, 0.717) is 12.5 Å². The molecule has 6 heteroatoms. The molecule has 102 valence electrons. The number of thiazole rings is 1. The van der Waals surface area contributed by atoms with E-state index in [9.17, 15) is 0 Å². The molecule has 19 heavy (non-hydrogen) atoms. The van der Waals surface area contributed by atoms with Crippen molar-refractivity contribution < 1.29 is 0 Å². The molecule has 4 nitrogen and oxygen atoms in total. The van der Waals surface area contributed by atoms with Crippen LogP contribution in [-0.2, 0) is 6.54 Å². The number of nitrogens with one attached hydrogen (secondary N) is 1. The van der Waals surface area contributed by atoms with Crippen LogP contribution in [0.25, 0.3) is 0 Å². The number of nitrogens with two attached hydrogens (primary N) is 1. The molecule has 0 aliphatic rings. The quantitative estimate of drug-likeness (QED) is 0.482. The number of benzene rings is 1. The fourth-order valence-corrected chi connectivity index (χ4v) is 2.25. The first-order valence-corrected chi connectivity index (χ1v) is 6.55. The number of aromatic nitrogens is 1. The third-order valence-electron chi connectivity index (χ3n) is 2.53. The van der Waals surface area contributed by atoms with Gasteiger partial charge in [-0.15, -0.1) is 35.3 Å². The largest absolute Gasteiger partial charge is 0.370 e. The average Bonchev–Trinajstić information content (AvgIpc) is 2.72. The summed E-state index contributed by atoms with van der Waals surface area (Å²) in [6.07, 6.45) is 0. The van der Waals surface area contributed by atoms with Gasteiger partial charge in [0, 0.05) is 10.6 Å². The summed E-state index contributed by atoms with van der Waals surface area (Å²) < 4.78 is 0. The molecule has 0 fully saturated rings. The van der Waals surface area contributed by atoms with Crippen LogP contribution in [0.1, 0.15) is 16.1 Å². The minimum absolute atomic E-state index is 0. The van der Waals surface area contributed by atoms with Gasteiger partial charge in [0.1, 0.15) is 0 Å². The Bertz CT molecular complexity index is 565. The zero-order chi connectivity index (χ0) is 13.0. The van der Waals surface area contributed by atoms with Crippen LogP contribution in [0.4, 0.5) is 5.69 Å². The number of anilines is 1. The summed E-state index contributed by atoms with van der Waals surface area (Å²) in [7, 11) is 0. The predicted octanol–water partition coefficient (Wildman–Crippen LogP) is 3.30. The van der Waals surface area contributed by atoms with Gasteiger partial charge >= 0.3 is 0 Å². The monoisotopic (exact) mass is 388 g/mol. The molecule has 0 aliphatic carbocycles. The lowest BCUT2D eigenvalue weighted by atomic mass is 10.2. The Balaban J connectivity index is 0.00000180. The zero-order valence-corrected chi connectivity index (χ0v) is 14.0. The lowest BCUT2D eigenvalue weighted by Gasteiger charge is -2.06. The van der Waals surface area contributed by atoms with Crippen LogP contribution in [0, 0.1) is 13.8 Å². The zero-order valence-electron chi connectivity index (χ0n) is 10.9. The van der Waals surface area contributed by atoms with Crippen molar-refractivity contribution in [3.05, 3.63) is 45.9 Å². The van der Waals surface area contributed by atoms with E-state index in [0.717, 1.165) is 16.3 Å².